The summed E-state index contributed by atoms with van der Waals surface area (Å²) in [5, 5.41) is 6.28. The summed E-state index contributed by atoms with van der Waals surface area (Å²) in [7, 11) is 0. The molecule has 0 aliphatic heterocycles. The molecule has 1 saturated carbocycles. The van der Waals surface area contributed by atoms with Gasteiger partial charge in [0.2, 0.25) is 5.91 Å². The largest absolute Gasteiger partial charge is 0.352 e. The topological polar surface area (TPSA) is 41.1 Å². The molecule has 94 valence electrons. The number of hydrogen-bond acceptors (Lipinski definition) is 3. The van der Waals surface area contributed by atoms with Crippen molar-refractivity contribution in [1.82, 2.24) is 10.6 Å². The Bertz CT molecular complexity index is 385. The van der Waals surface area contributed by atoms with E-state index in [1.807, 2.05) is 18.3 Å². The summed E-state index contributed by atoms with van der Waals surface area (Å²) in [6.07, 6.45) is 3.37. The molecule has 1 aromatic heterocycles. The van der Waals surface area contributed by atoms with Crippen molar-refractivity contribution >= 4 is 17.2 Å². The third-order valence-electron chi connectivity index (χ3n) is 2.97. The number of aryl methyl sites for hydroxylation is 1. The molecule has 3 nitrogen and oxygen atoms in total. The Balaban J connectivity index is 1.74. The smallest absolute Gasteiger partial charge is 0.237 e. The second-order valence-electron chi connectivity index (χ2n) is 4.61. The SMILES string of the molecule is CCc1ccc(CNC(C)C(=O)NC2CC2)s1. The molecule has 2 N–H and O–H groups in total. The highest BCUT2D eigenvalue weighted by Crippen LogP contribution is 2.19. The summed E-state index contributed by atoms with van der Waals surface area (Å²) in [5.41, 5.74) is 0. The lowest BCUT2D eigenvalue weighted by Crippen LogP contribution is -2.42. The molecule has 1 heterocycles. The zero-order valence-electron chi connectivity index (χ0n) is 10.5. The van der Waals surface area contributed by atoms with Crippen LogP contribution in [0.2, 0.25) is 0 Å². The highest BCUT2D eigenvalue weighted by Gasteiger charge is 2.25. The van der Waals surface area contributed by atoms with Crippen LogP contribution in [-0.2, 0) is 17.8 Å². The van der Waals surface area contributed by atoms with Crippen LogP contribution in [0.15, 0.2) is 12.1 Å². The Morgan fingerprint density at radius 1 is 1.47 bits per heavy atom. The molecular weight excluding hydrogens is 232 g/mol. The normalized spacial score (nSPS) is 16.8. The minimum atomic E-state index is -0.109. The van der Waals surface area contributed by atoms with E-state index < -0.39 is 0 Å². The Kier molecular flexibility index (Phi) is 4.18. The van der Waals surface area contributed by atoms with Crippen LogP contribution in [0.5, 0.6) is 0 Å². The number of rotatable bonds is 6. The predicted molar refractivity (Wildman–Crippen MR) is 71.2 cm³/mol. The Morgan fingerprint density at radius 2 is 2.18 bits per heavy atom. The van der Waals surface area contributed by atoms with Crippen molar-refractivity contribution in [3.05, 3.63) is 21.9 Å². The van der Waals surface area contributed by atoms with E-state index in [9.17, 15) is 4.79 Å². The van der Waals surface area contributed by atoms with Crippen LogP contribution in [0.3, 0.4) is 0 Å². The first-order valence-electron chi connectivity index (χ1n) is 6.30. The summed E-state index contributed by atoms with van der Waals surface area (Å²) in [6.45, 7) is 4.87. The van der Waals surface area contributed by atoms with Crippen LogP contribution in [-0.4, -0.2) is 18.0 Å². The van der Waals surface area contributed by atoms with Crippen molar-refractivity contribution in [3.63, 3.8) is 0 Å². The van der Waals surface area contributed by atoms with E-state index in [1.54, 1.807) is 0 Å². The van der Waals surface area contributed by atoms with E-state index in [4.69, 9.17) is 0 Å². The first-order valence-corrected chi connectivity index (χ1v) is 7.12. The van der Waals surface area contributed by atoms with Crippen LogP contribution < -0.4 is 10.6 Å². The van der Waals surface area contributed by atoms with E-state index >= 15 is 0 Å². The second kappa shape index (κ2) is 5.65. The minimum absolute atomic E-state index is 0.109. The molecular formula is C13H20N2OS. The van der Waals surface area contributed by atoms with Crippen molar-refractivity contribution in [1.29, 1.82) is 0 Å². The molecule has 1 aromatic rings. The number of hydrogen-bond donors (Lipinski definition) is 2. The first-order chi connectivity index (χ1) is 8.19. The van der Waals surface area contributed by atoms with Crippen LogP contribution in [0.4, 0.5) is 0 Å². The second-order valence-corrected chi connectivity index (χ2v) is 5.86. The van der Waals surface area contributed by atoms with E-state index in [1.165, 1.54) is 9.75 Å². The standard InChI is InChI=1S/C13H20N2OS/c1-3-11-6-7-12(17-11)8-14-9(2)13(16)15-10-4-5-10/h6-7,9-10,14H,3-5,8H2,1-2H3,(H,15,16). The summed E-state index contributed by atoms with van der Waals surface area (Å²) in [4.78, 5) is 14.4. The number of thiophene rings is 1. The highest BCUT2D eigenvalue weighted by atomic mass is 32.1. The van der Waals surface area contributed by atoms with Crippen molar-refractivity contribution < 1.29 is 4.79 Å². The van der Waals surface area contributed by atoms with Gasteiger partial charge in [-0.2, -0.15) is 0 Å². The molecule has 0 radical (unpaired) electrons. The van der Waals surface area contributed by atoms with Gasteiger partial charge in [0.25, 0.3) is 0 Å². The summed E-state index contributed by atoms with van der Waals surface area (Å²) in [6, 6.07) is 4.64. The van der Waals surface area contributed by atoms with E-state index in [2.05, 4.69) is 29.7 Å². The van der Waals surface area contributed by atoms with Crippen LogP contribution in [0.25, 0.3) is 0 Å². The van der Waals surface area contributed by atoms with Gasteiger partial charge in [0.1, 0.15) is 0 Å². The molecule has 1 atom stereocenters. The van der Waals surface area contributed by atoms with Gasteiger partial charge in [0.05, 0.1) is 6.04 Å². The molecule has 0 aromatic carbocycles. The maximum Gasteiger partial charge on any atom is 0.237 e. The third kappa shape index (κ3) is 3.82. The van der Waals surface area contributed by atoms with E-state index in [0.29, 0.717) is 6.04 Å². The number of carbonyl (C=O) groups excluding carboxylic acids is 1. The summed E-state index contributed by atoms with van der Waals surface area (Å²) < 4.78 is 0. The predicted octanol–water partition coefficient (Wildman–Crippen LogP) is 2.07. The monoisotopic (exact) mass is 252 g/mol. The minimum Gasteiger partial charge on any atom is -0.352 e. The fourth-order valence-electron chi connectivity index (χ4n) is 1.61. The van der Waals surface area contributed by atoms with E-state index in [-0.39, 0.29) is 11.9 Å². The van der Waals surface area contributed by atoms with Gasteiger partial charge in [-0.05, 0) is 38.3 Å². The van der Waals surface area contributed by atoms with Gasteiger partial charge in [-0.25, -0.2) is 0 Å². The van der Waals surface area contributed by atoms with Gasteiger partial charge in [-0.1, -0.05) is 6.92 Å². The molecule has 1 aliphatic carbocycles. The molecule has 4 heteroatoms. The lowest BCUT2D eigenvalue weighted by Gasteiger charge is -2.12. The van der Waals surface area contributed by atoms with Gasteiger partial charge in [0, 0.05) is 22.3 Å². The molecule has 1 fully saturated rings. The van der Waals surface area contributed by atoms with Gasteiger partial charge >= 0.3 is 0 Å². The maximum absolute atomic E-state index is 11.7. The molecule has 1 amide bonds. The zero-order chi connectivity index (χ0) is 12.3. The third-order valence-corrected chi connectivity index (χ3v) is 4.19. The molecule has 0 bridgehead atoms. The first kappa shape index (κ1) is 12.6. The quantitative estimate of drug-likeness (QED) is 0.814. The fourth-order valence-corrected chi connectivity index (χ4v) is 2.52. The lowest BCUT2D eigenvalue weighted by atomic mass is 10.3. The zero-order valence-corrected chi connectivity index (χ0v) is 11.3. The molecule has 17 heavy (non-hydrogen) atoms. The molecule has 0 saturated heterocycles. The van der Waals surface area contributed by atoms with Gasteiger partial charge < -0.3 is 10.6 Å². The molecule has 2 rings (SSSR count). The number of nitrogens with one attached hydrogen (secondary N) is 2. The van der Waals surface area contributed by atoms with Crippen LogP contribution in [0, 0.1) is 0 Å². The van der Waals surface area contributed by atoms with Crippen molar-refractivity contribution in [2.45, 2.75) is 51.7 Å². The maximum atomic E-state index is 11.7. The fraction of sp³-hybridized carbons (Fsp3) is 0.615. The van der Waals surface area contributed by atoms with Gasteiger partial charge in [-0.3, -0.25) is 4.79 Å². The average molecular weight is 252 g/mol. The van der Waals surface area contributed by atoms with E-state index in [0.717, 1.165) is 25.8 Å². The van der Waals surface area contributed by atoms with Crippen molar-refractivity contribution in [2.24, 2.45) is 0 Å². The highest BCUT2D eigenvalue weighted by molar-refractivity contribution is 7.11. The Morgan fingerprint density at radius 3 is 2.76 bits per heavy atom. The molecule has 1 unspecified atom stereocenters. The number of amides is 1. The summed E-state index contributed by atoms with van der Waals surface area (Å²) in [5.74, 6) is 0.125. The summed E-state index contributed by atoms with van der Waals surface area (Å²) >= 11 is 1.82. The van der Waals surface area contributed by atoms with Gasteiger partial charge in [-0.15, -0.1) is 11.3 Å². The lowest BCUT2D eigenvalue weighted by molar-refractivity contribution is -0.122. The molecule has 0 spiro atoms. The van der Waals surface area contributed by atoms with Crippen LogP contribution >= 0.6 is 11.3 Å². The van der Waals surface area contributed by atoms with Gasteiger partial charge in [0.15, 0.2) is 0 Å². The average Bonchev–Trinajstić information content (AvgIpc) is 3.02. The Hall–Kier alpha value is -0.870. The Labute approximate surface area is 107 Å². The van der Waals surface area contributed by atoms with Crippen molar-refractivity contribution in [2.75, 3.05) is 0 Å². The molecule has 1 aliphatic rings. The van der Waals surface area contributed by atoms with Crippen molar-refractivity contribution in [3.8, 4) is 0 Å². The van der Waals surface area contributed by atoms with Crippen LogP contribution in [0.1, 0.15) is 36.4 Å². The number of carbonyl (C=O) groups is 1.